The SMILES string of the molecule is O=C(CCc1nnc2n(CCc3ccccc3)c(=O)c3ccccc3n12)NCc1cccnc1. The molecular formula is C26H24N6O2. The number of aromatic nitrogens is 5. The quantitative estimate of drug-likeness (QED) is 0.391. The zero-order valence-electron chi connectivity index (χ0n) is 18.6. The van der Waals surface area contributed by atoms with Crippen molar-refractivity contribution in [2.45, 2.75) is 32.4 Å². The van der Waals surface area contributed by atoms with Crippen molar-refractivity contribution in [3.05, 3.63) is 106 Å². The summed E-state index contributed by atoms with van der Waals surface area (Å²) in [5.41, 5.74) is 2.74. The van der Waals surface area contributed by atoms with E-state index in [1.54, 1.807) is 17.0 Å². The summed E-state index contributed by atoms with van der Waals surface area (Å²) < 4.78 is 3.57. The molecule has 1 amide bonds. The molecule has 8 nitrogen and oxygen atoms in total. The van der Waals surface area contributed by atoms with Crippen LogP contribution in [0.15, 0.2) is 83.9 Å². The topological polar surface area (TPSA) is 94.2 Å². The molecule has 0 spiro atoms. The van der Waals surface area contributed by atoms with Crippen LogP contribution in [0.2, 0.25) is 0 Å². The third-order valence-electron chi connectivity index (χ3n) is 5.83. The van der Waals surface area contributed by atoms with Crippen LogP contribution in [0.1, 0.15) is 23.4 Å². The van der Waals surface area contributed by atoms with Crippen molar-refractivity contribution in [2.24, 2.45) is 0 Å². The van der Waals surface area contributed by atoms with Gasteiger partial charge < -0.3 is 5.32 Å². The maximum absolute atomic E-state index is 13.3. The summed E-state index contributed by atoms with van der Waals surface area (Å²) in [6.07, 6.45) is 4.80. The Morgan fingerprint density at radius 3 is 2.50 bits per heavy atom. The van der Waals surface area contributed by atoms with Gasteiger partial charge in [-0.05, 0) is 35.7 Å². The third-order valence-corrected chi connectivity index (χ3v) is 5.83. The molecule has 0 atom stereocenters. The molecule has 0 saturated heterocycles. The average molecular weight is 453 g/mol. The number of hydrogen-bond donors (Lipinski definition) is 1. The number of carbonyl (C=O) groups is 1. The van der Waals surface area contributed by atoms with E-state index in [0.29, 0.717) is 42.9 Å². The second-order valence-corrected chi connectivity index (χ2v) is 8.10. The van der Waals surface area contributed by atoms with E-state index >= 15 is 0 Å². The standard InChI is InChI=1S/C26H24N6O2/c33-24(28-18-20-9-6-15-27-17-20)13-12-23-29-30-26-31(16-14-19-7-2-1-3-8-19)25(34)21-10-4-5-11-22(21)32(23)26/h1-11,15,17H,12-14,16,18H2,(H,28,33). The lowest BCUT2D eigenvalue weighted by atomic mass is 10.1. The number of para-hydroxylation sites is 1. The lowest BCUT2D eigenvalue weighted by molar-refractivity contribution is -0.121. The van der Waals surface area contributed by atoms with Gasteiger partial charge in [-0.3, -0.25) is 23.5 Å². The third kappa shape index (κ3) is 4.43. The Balaban J connectivity index is 1.41. The highest BCUT2D eigenvalue weighted by atomic mass is 16.1. The normalized spacial score (nSPS) is 11.2. The molecule has 0 bridgehead atoms. The first-order valence-corrected chi connectivity index (χ1v) is 11.3. The monoisotopic (exact) mass is 452 g/mol. The molecule has 3 heterocycles. The molecule has 5 aromatic rings. The minimum absolute atomic E-state index is 0.0812. The van der Waals surface area contributed by atoms with Crippen molar-refractivity contribution < 1.29 is 4.79 Å². The van der Waals surface area contributed by atoms with Crippen LogP contribution >= 0.6 is 0 Å². The minimum atomic E-state index is -0.0906. The van der Waals surface area contributed by atoms with E-state index in [0.717, 1.165) is 16.6 Å². The van der Waals surface area contributed by atoms with Crippen molar-refractivity contribution in [1.29, 1.82) is 0 Å². The zero-order valence-corrected chi connectivity index (χ0v) is 18.6. The second kappa shape index (κ2) is 9.66. The molecule has 170 valence electrons. The number of amides is 1. The number of benzene rings is 2. The molecular weight excluding hydrogens is 428 g/mol. The van der Waals surface area contributed by atoms with Crippen molar-refractivity contribution in [1.82, 2.24) is 29.5 Å². The highest BCUT2D eigenvalue weighted by molar-refractivity contribution is 5.80. The van der Waals surface area contributed by atoms with Gasteiger partial charge in [-0.15, -0.1) is 10.2 Å². The summed E-state index contributed by atoms with van der Waals surface area (Å²) in [5.74, 6) is 1.06. The number of nitrogens with zero attached hydrogens (tertiary/aromatic N) is 5. The number of fused-ring (bicyclic) bond motifs is 3. The molecule has 0 saturated carbocycles. The summed E-state index contributed by atoms with van der Waals surface area (Å²) in [5, 5.41) is 12.2. The van der Waals surface area contributed by atoms with Crippen LogP contribution in [0.25, 0.3) is 16.7 Å². The van der Waals surface area contributed by atoms with Crippen LogP contribution in [-0.2, 0) is 30.7 Å². The van der Waals surface area contributed by atoms with E-state index in [4.69, 9.17) is 0 Å². The van der Waals surface area contributed by atoms with Gasteiger partial charge in [0, 0.05) is 38.3 Å². The Labute approximate surface area is 195 Å². The lowest BCUT2D eigenvalue weighted by Crippen LogP contribution is -2.25. The van der Waals surface area contributed by atoms with Crippen molar-refractivity contribution in [2.75, 3.05) is 0 Å². The molecule has 0 fully saturated rings. The number of pyridine rings is 1. The summed E-state index contributed by atoms with van der Waals surface area (Å²) in [6, 6.07) is 21.2. The van der Waals surface area contributed by atoms with E-state index in [9.17, 15) is 9.59 Å². The molecule has 0 aliphatic rings. The number of aryl methyl sites for hydroxylation is 3. The number of hydrogen-bond acceptors (Lipinski definition) is 5. The van der Waals surface area contributed by atoms with E-state index in [-0.39, 0.29) is 17.9 Å². The molecule has 3 aromatic heterocycles. The lowest BCUT2D eigenvalue weighted by Gasteiger charge is -2.11. The Kier molecular flexibility index (Phi) is 6.11. The van der Waals surface area contributed by atoms with Gasteiger partial charge in [-0.1, -0.05) is 48.5 Å². The smallest absolute Gasteiger partial charge is 0.262 e. The van der Waals surface area contributed by atoms with Crippen LogP contribution in [0.3, 0.4) is 0 Å². The van der Waals surface area contributed by atoms with Gasteiger partial charge in [0.2, 0.25) is 11.7 Å². The van der Waals surface area contributed by atoms with Gasteiger partial charge in [0.05, 0.1) is 10.9 Å². The second-order valence-electron chi connectivity index (χ2n) is 8.10. The van der Waals surface area contributed by atoms with Crippen molar-refractivity contribution >= 4 is 22.6 Å². The average Bonchev–Trinajstić information content (AvgIpc) is 3.31. The molecule has 1 N–H and O–H groups in total. The fraction of sp³-hybridized carbons (Fsp3) is 0.192. The van der Waals surface area contributed by atoms with Gasteiger partial charge in [0.1, 0.15) is 5.82 Å². The first kappa shape index (κ1) is 21.5. The molecule has 0 aliphatic carbocycles. The van der Waals surface area contributed by atoms with Crippen LogP contribution < -0.4 is 10.9 Å². The molecule has 34 heavy (non-hydrogen) atoms. The van der Waals surface area contributed by atoms with Crippen LogP contribution in [0, 0.1) is 0 Å². The van der Waals surface area contributed by atoms with Crippen molar-refractivity contribution in [3.63, 3.8) is 0 Å². The van der Waals surface area contributed by atoms with E-state index in [2.05, 4.69) is 20.5 Å². The summed E-state index contributed by atoms with van der Waals surface area (Å²) in [6.45, 7) is 0.913. The number of nitrogens with one attached hydrogen (secondary N) is 1. The van der Waals surface area contributed by atoms with Gasteiger partial charge in [0.15, 0.2) is 0 Å². The highest BCUT2D eigenvalue weighted by Gasteiger charge is 2.17. The first-order valence-electron chi connectivity index (χ1n) is 11.3. The molecule has 5 rings (SSSR count). The highest BCUT2D eigenvalue weighted by Crippen LogP contribution is 2.16. The number of rotatable bonds is 8. The predicted octanol–water partition coefficient (Wildman–Crippen LogP) is 2.93. The molecule has 8 heteroatoms. The summed E-state index contributed by atoms with van der Waals surface area (Å²) >= 11 is 0. The maximum Gasteiger partial charge on any atom is 0.262 e. The summed E-state index contributed by atoms with van der Waals surface area (Å²) in [4.78, 5) is 29.8. The first-order chi connectivity index (χ1) is 16.7. The Morgan fingerprint density at radius 1 is 0.882 bits per heavy atom. The van der Waals surface area contributed by atoms with E-state index < -0.39 is 0 Å². The fourth-order valence-electron chi connectivity index (χ4n) is 4.08. The predicted molar refractivity (Wildman–Crippen MR) is 129 cm³/mol. The van der Waals surface area contributed by atoms with Gasteiger partial charge in [0.25, 0.3) is 5.56 Å². The van der Waals surface area contributed by atoms with Gasteiger partial charge >= 0.3 is 0 Å². The molecule has 0 radical (unpaired) electrons. The molecule has 2 aromatic carbocycles. The minimum Gasteiger partial charge on any atom is -0.352 e. The van der Waals surface area contributed by atoms with E-state index in [1.165, 1.54) is 0 Å². The number of carbonyl (C=O) groups excluding carboxylic acids is 1. The molecule has 0 unspecified atom stereocenters. The molecule has 0 aliphatic heterocycles. The van der Waals surface area contributed by atoms with Crippen LogP contribution in [0.5, 0.6) is 0 Å². The Hall–Kier alpha value is -4.33. The Bertz CT molecular complexity index is 1490. The van der Waals surface area contributed by atoms with Gasteiger partial charge in [-0.2, -0.15) is 0 Å². The largest absolute Gasteiger partial charge is 0.352 e. The zero-order chi connectivity index (χ0) is 23.3. The van der Waals surface area contributed by atoms with Crippen LogP contribution in [-0.4, -0.2) is 30.1 Å². The van der Waals surface area contributed by atoms with Crippen LogP contribution in [0.4, 0.5) is 0 Å². The fourth-order valence-corrected chi connectivity index (χ4v) is 4.08. The van der Waals surface area contributed by atoms with Gasteiger partial charge in [-0.25, -0.2) is 0 Å². The maximum atomic E-state index is 13.3. The van der Waals surface area contributed by atoms with Crippen molar-refractivity contribution in [3.8, 4) is 0 Å². The summed E-state index contributed by atoms with van der Waals surface area (Å²) in [7, 11) is 0. The van der Waals surface area contributed by atoms with E-state index in [1.807, 2.05) is 71.1 Å². The Morgan fingerprint density at radius 2 is 1.68 bits per heavy atom.